The van der Waals surface area contributed by atoms with Gasteiger partial charge in [-0.05, 0) is 48.9 Å². The Hall–Kier alpha value is -1.62. The van der Waals surface area contributed by atoms with Crippen molar-refractivity contribution in [2.24, 2.45) is 0 Å². The third kappa shape index (κ3) is 3.59. The molecule has 0 fully saturated rings. The number of nitrogens with one attached hydrogen (secondary N) is 1. The van der Waals surface area contributed by atoms with E-state index in [0.29, 0.717) is 13.1 Å². The highest BCUT2D eigenvalue weighted by molar-refractivity contribution is 9.10. The molecule has 4 rings (SSSR count). The first-order chi connectivity index (χ1) is 12.7. The van der Waals surface area contributed by atoms with Gasteiger partial charge in [0.25, 0.3) is 0 Å². The number of aromatic nitrogens is 1. The number of para-hydroxylation sites is 1. The second-order valence-electron chi connectivity index (χ2n) is 7.14. The monoisotopic (exact) mass is 412 g/mol. The highest BCUT2D eigenvalue weighted by Crippen LogP contribution is 2.32. The molecule has 1 heterocycles. The van der Waals surface area contributed by atoms with Gasteiger partial charge in [-0.2, -0.15) is 0 Å². The van der Waals surface area contributed by atoms with Gasteiger partial charge in [0.15, 0.2) is 0 Å². The van der Waals surface area contributed by atoms with E-state index in [9.17, 15) is 5.11 Å². The van der Waals surface area contributed by atoms with Crippen LogP contribution >= 0.6 is 15.9 Å². The molecular formula is C22H25BrN2O. The Labute approximate surface area is 163 Å². The maximum absolute atomic E-state index is 10.6. The van der Waals surface area contributed by atoms with E-state index >= 15 is 0 Å². The summed E-state index contributed by atoms with van der Waals surface area (Å²) in [6, 6.07) is 16.8. The lowest BCUT2D eigenvalue weighted by Gasteiger charge is -2.19. The Morgan fingerprint density at radius 3 is 2.69 bits per heavy atom. The lowest BCUT2D eigenvalue weighted by atomic mass is 9.95. The summed E-state index contributed by atoms with van der Waals surface area (Å²) in [4.78, 5) is 0. The maximum atomic E-state index is 10.6. The van der Waals surface area contributed by atoms with Gasteiger partial charge < -0.3 is 15.0 Å². The summed E-state index contributed by atoms with van der Waals surface area (Å²) in [7, 11) is 0. The number of aliphatic hydroxyl groups is 1. The van der Waals surface area contributed by atoms with Crippen molar-refractivity contribution >= 4 is 26.8 Å². The number of aliphatic hydroxyl groups excluding tert-OH is 1. The molecule has 0 bridgehead atoms. The van der Waals surface area contributed by atoms with Crippen LogP contribution in [-0.4, -0.2) is 22.3 Å². The van der Waals surface area contributed by atoms with E-state index in [2.05, 4.69) is 56.1 Å². The van der Waals surface area contributed by atoms with Crippen LogP contribution in [-0.2, 0) is 25.9 Å². The van der Waals surface area contributed by atoms with Crippen molar-refractivity contribution in [3.05, 3.63) is 69.8 Å². The molecule has 2 aromatic carbocycles. The van der Waals surface area contributed by atoms with Crippen LogP contribution in [0.2, 0.25) is 0 Å². The molecule has 0 aliphatic heterocycles. The average molecular weight is 413 g/mol. The van der Waals surface area contributed by atoms with E-state index in [0.717, 1.165) is 17.4 Å². The number of rotatable bonds is 6. The fraction of sp³-hybridized carbons (Fsp3) is 0.364. The van der Waals surface area contributed by atoms with E-state index in [4.69, 9.17) is 0 Å². The molecule has 1 aliphatic carbocycles. The second-order valence-corrected chi connectivity index (χ2v) is 7.99. The normalized spacial score (nSPS) is 15.2. The highest BCUT2D eigenvalue weighted by atomic mass is 79.9. The zero-order valence-electron chi connectivity index (χ0n) is 14.9. The van der Waals surface area contributed by atoms with Crippen LogP contribution in [0.5, 0.6) is 0 Å². The van der Waals surface area contributed by atoms with E-state index in [-0.39, 0.29) is 0 Å². The molecule has 0 saturated heterocycles. The molecule has 1 aliphatic rings. The van der Waals surface area contributed by atoms with Crippen LogP contribution in [0.15, 0.2) is 53.0 Å². The van der Waals surface area contributed by atoms with Gasteiger partial charge in [-0.1, -0.05) is 52.3 Å². The van der Waals surface area contributed by atoms with Gasteiger partial charge in [-0.3, -0.25) is 0 Å². The first-order valence-corrected chi connectivity index (χ1v) is 10.2. The van der Waals surface area contributed by atoms with Crippen LogP contribution in [0.3, 0.4) is 0 Å². The fourth-order valence-corrected chi connectivity index (χ4v) is 4.51. The highest BCUT2D eigenvalue weighted by Gasteiger charge is 2.20. The fourth-order valence-electron chi connectivity index (χ4n) is 4.09. The van der Waals surface area contributed by atoms with Crippen molar-refractivity contribution in [1.82, 2.24) is 9.88 Å². The van der Waals surface area contributed by atoms with Crippen molar-refractivity contribution in [2.45, 2.75) is 44.9 Å². The lowest BCUT2D eigenvalue weighted by Crippen LogP contribution is -2.30. The molecule has 3 nitrogen and oxygen atoms in total. The van der Waals surface area contributed by atoms with E-state index < -0.39 is 6.10 Å². The van der Waals surface area contributed by atoms with E-state index in [1.807, 2.05) is 18.2 Å². The smallest absolute Gasteiger partial charge is 0.0843 e. The summed E-state index contributed by atoms with van der Waals surface area (Å²) < 4.78 is 3.46. The average Bonchev–Trinajstić information content (AvgIpc) is 2.98. The summed E-state index contributed by atoms with van der Waals surface area (Å²) in [6.45, 7) is 1.99. The Morgan fingerprint density at radius 1 is 1.04 bits per heavy atom. The number of benzene rings is 2. The zero-order chi connectivity index (χ0) is 17.9. The number of halogens is 1. The standard InChI is InChI=1S/C22H25BrN2O/c23-20-10-4-1-7-16(20)13-24-14-17(26)15-25-21-11-5-2-8-18(21)19-9-3-6-12-22(19)25/h1-2,4-5,7-8,10-11,17,24,26H,3,6,9,12-15H2. The van der Waals surface area contributed by atoms with E-state index in [1.54, 1.807) is 0 Å². The predicted molar refractivity (Wildman–Crippen MR) is 110 cm³/mol. The summed E-state index contributed by atoms with van der Waals surface area (Å²) in [5.74, 6) is 0. The minimum Gasteiger partial charge on any atom is -0.390 e. The molecule has 26 heavy (non-hydrogen) atoms. The van der Waals surface area contributed by atoms with Crippen molar-refractivity contribution in [1.29, 1.82) is 0 Å². The number of hydrogen-bond donors (Lipinski definition) is 2. The molecule has 0 spiro atoms. The first kappa shape index (κ1) is 17.8. The molecule has 0 amide bonds. The Bertz CT molecular complexity index is 902. The van der Waals surface area contributed by atoms with Crippen LogP contribution in [0.25, 0.3) is 10.9 Å². The molecule has 0 saturated carbocycles. The molecule has 1 atom stereocenters. The summed E-state index contributed by atoms with van der Waals surface area (Å²) in [5.41, 5.74) is 5.41. The van der Waals surface area contributed by atoms with Gasteiger partial charge in [-0.25, -0.2) is 0 Å². The van der Waals surface area contributed by atoms with Crippen molar-refractivity contribution < 1.29 is 5.11 Å². The number of fused-ring (bicyclic) bond motifs is 3. The van der Waals surface area contributed by atoms with Gasteiger partial charge in [0.2, 0.25) is 0 Å². The van der Waals surface area contributed by atoms with Gasteiger partial charge in [0, 0.05) is 34.2 Å². The third-order valence-electron chi connectivity index (χ3n) is 5.33. The SMILES string of the molecule is OC(CNCc1ccccc1Br)Cn1c2c(c3ccccc31)CCCC2. The maximum Gasteiger partial charge on any atom is 0.0843 e. The predicted octanol–water partition coefficient (Wildman–Crippen LogP) is 4.43. The molecule has 2 N–H and O–H groups in total. The molecule has 3 aromatic rings. The first-order valence-electron chi connectivity index (χ1n) is 9.45. The van der Waals surface area contributed by atoms with Crippen LogP contribution < -0.4 is 5.32 Å². The van der Waals surface area contributed by atoms with Crippen molar-refractivity contribution in [2.75, 3.05) is 6.54 Å². The number of nitrogens with zero attached hydrogens (tertiary/aromatic N) is 1. The number of aryl methyl sites for hydroxylation is 1. The van der Waals surface area contributed by atoms with Crippen LogP contribution in [0, 0.1) is 0 Å². The van der Waals surface area contributed by atoms with Gasteiger partial charge in [0.1, 0.15) is 0 Å². The van der Waals surface area contributed by atoms with Crippen molar-refractivity contribution in [3.63, 3.8) is 0 Å². The Morgan fingerprint density at radius 2 is 1.81 bits per heavy atom. The minimum atomic E-state index is -0.403. The van der Waals surface area contributed by atoms with Crippen LogP contribution in [0.4, 0.5) is 0 Å². The van der Waals surface area contributed by atoms with Gasteiger partial charge in [0.05, 0.1) is 12.6 Å². The Kier molecular flexibility index (Phi) is 5.44. The molecule has 0 radical (unpaired) electrons. The minimum absolute atomic E-state index is 0.403. The van der Waals surface area contributed by atoms with E-state index in [1.165, 1.54) is 47.0 Å². The summed E-state index contributed by atoms with van der Waals surface area (Å²) in [5, 5.41) is 15.4. The molecule has 136 valence electrons. The molecule has 1 aromatic heterocycles. The van der Waals surface area contributed by atoms with Crippen LogP contribution in [0.1, 0.15) is 29.7 Å². The zero-order valence-corrected chi connectivity index (χ0v) is 16.5. The number of hydrogen-bond acceptors (Lipinski definition) is 2. The summed E-state index contributed by atoms with van der Waals surface area (Å²) in [6.07, 6.45) is 4.41. The largest absolute Gasteiger partial charge is 0.390 e. The topological polar surface area (TPSA) is 37.2 Å². The van der Waals surface area contributed by atoms with Gasteiger partial charge in [-0.15, -0.1) is 0 Å². The summed E-state index contributed by atoms with van der Waals surface area (Å²) >= 11 is 3.57. The van der Waals surface area contributed by atoms with Gasteiger partial charge >= 0.3 is 0 Å². The third-order valence-corrected chi connectivity index (χ3v) is 6.10. The molecular weight excluding hydrogens is 388 g/mol. The quantitative estimate of drug-likeness (QED) is 0.627. The molecule has 4 heteroatoms. The van der Waals surface area contributed by atoms with Crippen molar-refractivity contribution in [3.8, 4) is 0 Å². The second kappa shape index (κ2) is 7.95. The molecule has 1 unspecified atom stereocenters. The Balaban J connectivity index is 1.46. The lowest BCUT2D eigenvalue weighted by molar-refractivity contribution is 0.151.